The van der Waals surface area contributed by atoms with Crippen LogP contribution in [0, 0.1) is 0 Å². The highest BCUT2D eigenvalue weighted by Gasteiger charge is 2.09. The molecule has 0 spiro atoms. The van der Waals surface area contributed by atoms with E-state index in [2.05, 4.69) is 9.97 Å². The minimum absolute atomic E-state index is 0.325. The second-order valence-electron chi connectivity index (χ2n) is 4.17. The molecule has 0 saturated heterocycles. The van der Waals surface area contributed by atoms with Crippen molar-refractivity contribution in [3.63, 3.8) is 0 Å². The van der Waals surface area contributed by atoms with Gasteiger partial charge in [0, 0.05) is 6.20 Å². The van der Waals surface area contributed by atoms with Gasteiger partial charge in [0.25, 0.3) is 5.56 Å². The molecule has 0 atom stereocenters. The van der Waals surface area contributed by atoms with E-state index in [1.807, 2.05) is 0 Å². The lowest BCUT2D eigenvalue weighted by Crippen LogP contribution is -2.29. The summed E-state index contributed by atoms with van der Waals surface area (Å²) in [5.41, 5.74) is -0.0311. The van der Waals surface area contributed by atoms with Gasteiger partial charge in [-0.05, 0) is 36.4 Å². The molecule has 0 fully saturated rings. The molecule has 3 aromatic rings. The molecule has 6 heteroatoms. The number of benzene rings is 1. The van der Waals surface area contributed by atoms with Crippen LogP contribution in [0.5, 0.6) is 5.75 Å². The zero-order chi connectivity index (χ0) is 14.1. The van der Waals surface area contributed by atoms with E-state index in [-0.39, 0.29) is 0 Å². The Morgan fingerprint density at radius 2 is 1.90 bits per heavy atom. The first-order valence-electron chi connectivity index (χ1n) is 5.95. The molecule has 20 heavy (non-hydrogen) atoms. The molecule has 100 valence electrons. The van der Waals surface area contributed by atoms with Gasteiger partial charge in [0.15, 0.2) is 5.65 Å². The highest BCUT2D eigenvalue weighted by Crippen LogP contribution is 2.15. The van der Waals surface area contributed by atoms with Crippen molar-refractivity contribution in [1.82, 2.24) is 14.5 Å². The summed E-state index contributed by atoms with van der Waals surface area (Å²) in [7, 11) is 1.57. The molecule has 0 aliphatic rings. The molecule has 0 unspecified atom stereocenters. The van der Waals surface area contributed by atoms with Crippen molar-refractivity contribution < 1.29 is 4.74 Å². The number of aromatic amines is 1. The maximum atomic E-state index is 12.0. The van der Waals surface area contributed by atoms with Gasteiger partial charge in [0.05, 0.1) is 18.2 Å². The number of methoxy groups -OCH3 is 1. The fourth-order valence-electron chi connectivity index (χ4n) is 2.04. The molecule has 0 aliphatic carbocycles. The molecule has 0 bridgehead atoms. The Hall–Kier alpha value is -2.89. The van der Waals surface area contributed by atoms with Gasteiger partial charge >= 0.3 is 5.69 Å². The fourth-order valence-corrected chi connectivity index (χ4v) is 2.04. The Kier molecular flexibility index (Phi) is 2.83. The van der Waals surface area contributed by atoms with E-state index >= 15 is 0 Å². The molecule has 2 heterocycles. The van der Waals surface area contributed by atoms with Gasteiger partial charge in [-0.3, -0.25) is 9.78 Å². The normalized spacial score (nSPS) is 10.7. The highest BCUT2D eigenvalue weighted by molar-refractivity contribution is 5.75. The number of nitrogens with one attached hydrogen (secondary N) is 1. The Labute approximate surface area is 113 Å². The molecule has 0 radical (unpaired) electrons. The second-order valence-corrected chi connectivity index (χ2v) is 4.17. The SMILES string of the molecule is COc1ccc(-n2c(=O)[nH]c(=O)c3cccnc32)cc1. The van der Waals surface area contributed by atoms with Gasteiger partial charge in [-0.2, -0.15) is 0 Å². The van der Waals surface area contributed by atoms with Crippen LogP contribution in [0.15, 0.2) is 52.2 Å². The third-order valence-corrected chi connectivity index (χ3v) is 3.00. The molecule has 6 nitrogen and oxygen atoms in total. The maximum absolute atomic E-state index is 12.0. The topological polar surface area (TPSA) is 77.0 Å². The Balaban J connectivity index is 2.35. The summed E-state index contributed by atoms with van der Waals surface area (Å²) in [5, 5.41) is 0.364. The Bertz CT molecular complexity index is 879. The number of aromatic nitrogens is 3. The number of ether oxygens (including phenoxy) is 1. The van der Waals surface area contributed by atoms with Crippen molar-refractivity contribution in [2.45, 2.75) is 0 Å². The van der Waals surface area contributed by atoms with Gasteiger partial charge in [0.1, 0.15) is 5.75 Å². The molecule has 0 aliphatic heterocycles. The molecular weight excluding hydrogens is 258 g/mol. The van der Waals surface area contributed by atoms with Crippen LogP contribution in [0.2, 0.25) is 0 Å². The van der Waals surface area contributed by atoms with Crippen LogP contribution in [0.25, 0.3) is 16.7 Å². The number of H-pyrrole nitrogens is 1. The second kappa shape index (κ2) is 4.65. The first kappa shape index (κ1) is 12.2. The predicted molar refractivity (Wildman–Crippen MR) is 74.5 cm³/mol. The smallest absolute Gasteiger partial charge is 0.334 e. The maximum Gasteiger partial charge on any atom is 0.334 e. The molecule has 3 rings (SSSR count). The summed E-state index contributed by atoms with van der Waals surface area (Å²) in [5.74, 6) is 0.684. The summed E-state index contributed by atoms with van der Waals surface area (Å²) < 4.78 is 6.44. The van der Waals surface area contributed by atoms with Crippen molar-refractivity contribution in [1.29, 1.82) is 0 Å². The molecular formula is C14H11N3O3. The van der Waals surface area contributed by atoms with Crippen LogP contribution in [-0.2, 0) is 0 Å². The van der Waals surface area contributed by atoms with Gasteiger partial charge in [0.2, 0.25) is 0 Å². The molecule has 2 aromatic heterocycles. The largest absolute Gasteiger partial charge is 0.497 e. The Morgan fingerprint density at radius 3 is 2.60 bits per heavy atom. The summed E-state index contributed by atoms with van der Waals surface area (Å²) in [6.07, 6.45) is 1.54. The van der Waals surface area contributed by atoms with Crippen molar-refractivity contribution in [3.8, 4) is 11.4 Å². The van der Waals surface area contributed by atoms with Gasteiger partial charge in [-0.15, -0.1) is 0 Å². The van der Waals surface area contributed by atoms with E-state index in [4.69, 9.17) is 4.74 Å². The van der Waals surface area contributed by atoms with Crippen molar-refractivity contribution in [2.24, 2.45) is 0 Å². The lowest BCUT2D eigenvalue weighted by molar-refractivity contribution is 0.414. The average molecular weight is 269 g/mol. The predicted octanol–water partition coefficient (Wildman–Crippen LogP) is 1.08. The minimum atomic E-state index is -0.522. The van der Waals surface area contributed by atoms with E-state index in [0.717, 1.165) is 0 Å². The van der Waals surface area contributed by atoms with Crippen LogP contribution in [-0.4, -0.2) is 21.6 Å². The van der Waals surface area contributed by atoms with Gasteiger partial charge < -0.3 is 4.74 Å². The van der Waals surface area contributed by atoms with Crippen molar-refractivity contribution >= 4 is 11.0 Å². The summed E-state index contributed by atoms with van der Waals surface area (Å²) in [6, 6.07) is 10.2. The molecule has 1 aromatic carbocycles. The number of rotatable bonds is 2. The average Bonchev–Trinajstić information content (AvgIpc) is 2.48. The van der Waals surface area contributed by atoms with Crippen LogP contribution in [0.4, 0.5) is 0 Å². The zero-order valence-electron chi connectivity index (χ0n) is 10.7. The van der Waals surface area contributed by atoms with Gasteiger partial charge in [-0.25, -0.2) is 14.3 Å². The fraction of sp³-hybridized carbons (Fsp3) is 0.0714. The van der Waals surface area contributed by atoms with Crippen molar-refractivity contribution in [2.75, 3.05) is 7.11 Å². The number of fused-ring (bicyclic) bond motifs is 1. The Morgan fingerprint density at radius 1 is 1.15 bits per heavy atom. The van der Waals surface area contributed by atoms with E-state index in [0.29, 0.717) is 22.5 Å². The van der Waals surface area contributed by atoms with E-state index in [1.54, 1.807) is 49.7 Å². The lowest BCUT2D eigenvalue weighted by Gasteiger charge is -2.08. The summed E-state index contributed by atoms with van der Waals surface area (Å²) in [4.78, 5) is 30.2. The van der Waals surface area contributed by atoms with Gasteiger partial charge in [-0.1, -0.05) is 0 Å². The number of hydrogen-bond acceptors (Lipinski definition) is 4. The standard InChI is InChI=1S/C14H11N3O3/c1-20-10-6-4-9(5-7-10)17-12-11(3-2-8-15-12)13(18)16-14(17)19/h2-8H,1H3,(H,16,18,19). The van der Waals surface area contributed by atoms with E-state index < -0.39 is 11.2 Å². The molecule has 0 amide bonds. The lowest BCUT2D eigenvalue weighted by atomic mass is 10.2. The summed E-state index contributed by atoms with van der Waals surface area (Å²) in [6.45, 7) is 0. The zero-order valence-corrected chi connectivity index (χ0v) is 10.7. The number of hydrogen-bond donors (Lipinski definition) is 1. The third-order valence-electron chi connectivity index (χ3n) is 3.00. The van der Waals surface area contributed by atoms with E-state index in [9.17, 15) is 9.59 Å². The third kappa shape index (κ3) is 1.87. The highest BCUT2D eigenvalue weighted by atomic mass is 16.5. The van der Waals surface area contributed by atoms with Crippen molar-refractivity contribution in [3.05, 3.63) is 63.4 Å². The monoisotopic (exact) mass is 269 g/mol. The first-order valence-corrected chi connectivity index (χ1v) is 5.95. The van der Waals surface area contributed by atoms with Crippen LogP contribution in [0.1, 0.15) is 0 Å². The van der Waals surface area contributed by atoms with Crippen LogP contribution in [0.3, 0.4) is 0 Å². The minimum Gasteiger partial charge on any atom is -0.497 e. The van der Waals surface area contributed by atoms with E-state index in [1.165, 1.54) is 4.57 Å². The molecule has 1 N–H and O–H groups in total. The van der Waals surface area contributed by atoms with Crippen LogP contribution < -0.4 is 16.0 Å². The molecule has 0 saturated carbocycles. The number of pyridine rings is 1. The number of nitrogens with zero attached hydrogens (tertiary/aromatic N) is 2. The first-order chi connectivity index (χ1) is 9.70. The quantitative estimate of drug-likeness (QED) is 0.755. The summed E-state index contributed by atoms with van der Waals surface area (Å²) >= 11 is 0. The van der Waals surface area contributed by atoms with Crippen LogP contribution >= 0.6 is 0 Å².